The normalized spacial score (nSPS) is 15.3. The second kappa shape index (κ2) is 5.21. The number of halogens is 2. The molecular formula is C16H15F2NO. The summed E-state index contributed by atoms with van der Waals surface area (Å²) in [6.45, 7) is 0.738. The molecule has 0 fully saturated rings. The number of fused-ring (bicyclic) bond motifs is 1. The van der Waals surface area contributed by atoms with E-state index >= 15 is 0 Å². The third kappa shape index (κ3) is 2.39. The highest BCUT2D eigenvalue weighted by Gasteiger charge is 2.16. The molecule has 0 spiro atoms. The molecule has 1 aliphatic rings. The van der Waals surface area contributed by atoms with Crippen LogP contribution in [-0.2, 0) is 6.42 Å². The van der Waals surface area contributed by atoms with E-state index in [1.165, 1.54) is 6.07 Å². The van der Waals surface area contributed by atoms with Crippen LogP contribution in [0.2, 0.25) is 0 Å². The number of aryl methyl sites for hydroxylation is 1. The molecule has 3 rings (SSSR count). The fraction of sp³-hybridized carbons (Fsp3) is 0.250. The van der Waals surface area contributed by atoms with E-state index in [1.807, 2.05) is 18.2 Å². The van der Waals surface area contributed by atoms with Crippen LogP contribution in [0.15, 0.2) is 36.4 Å². The van der Waals surface area contributed by atoms with Gasteiger partial charge in [0.25, 0.3) is 0 Å². The third-order valence-electron chi connectivity index (χ3n) is 3.59. The van der Waals surface area contributed by atoms with E-state index in [-0.39, 0.29) is 0 Å². The van der Waals surface area contributed by atoms with Gasteiger partial charge in [-0.1, -0.05) is 18.2 Å². The zero-order valence-corrected chi connectivity index (χ0v) is 10.9. The summed E-state index contributed by atoms with van der Waals surface area (Å²) in [5.74, 6) is -0.850. The summed E-state index contributed by atoms with van der Waals surface area (Å²) in [6.07, 6.45) is 1.94. The summed E-state index contributed by atoms with van der Waals surface area (Å²) < 4.78 is 31.8. The third-order valence-corrected chi connectivity index (χ3v) is 3.59. The Morgan fingerprint density at radius 2 is 1.75 bits per heavy atom. The first kappa shape index (κ1) is 13.1. The zero-order chi connectivity index (χ0) is 14.1. The molecule has 0 bridgehead atoms. The molecule has 2 N–H and O–H groups in total. The molecule has 2 nitrogen and oxygen atoms in total. The Morgan fingerprint density at radius 1 is 1.00 bits per heavy atom. The number of benzene rings is 2. The number of nitrogens with two attached hydrogens (primary N) is 1. The van der Waals surface area contributed by atoms with E-state index in [0.29, 0.717) is 5.56 Å². The number of hydrogen-bond acceptors (Lipinski definition) is 2. The minimum atomic E-state index is -0.876. The second-order valence-corrected chi connectivity index (χ2v) is 4.97. The van der Waals surface area contributed by atoms with Crippen LogP contribution in [0.4, 0.5) is 8.78 Å². The fourth-order valence-corrected chi connectivity index (χ4v) is 2.47. The Hall–Kier alpha value is -1.94. The molecular weight excluding hydrogens is 260 g/mol. The molecule has 1 heterocycles. The molecule has 1 aliphatic heterocycles. The van der Waals surface area contributed by atoms with Crippen molar-refractivity contribution in [3.05, 3.63) is 64.7 Å². The average molecular weight is 275 g/mol. The van der Waals surface area contributed by atoms with Gasteiger partial charge in [0, 0.05) is 0 Å². The molecule has 0 saturated carbocycles. The number of ether oxygens (including phenoxy) is 1. The van der Waals surface area contributed by atoms with Crippen molar-refractivity contribution in [2.24, 2.45) is 5.73 Å². The summed E-state index contributed by atoms with van der Waals surface area (Å²) in [6, 6.07) is 9.04. The topological polar surface area (TPSA) is 35.2 Å². The quantitative estimate of drug-likeness (QED) is 0.912. The molecule has 20 heavy (non-hydrogen) atoms. The summed E-state index contributed by atoms with van der Waals surface area (Å²) in [5, 5.41) is 0. The molecule has 0 aliphatic carbocycles. The van der Waals surface area contributed by atoms with Crippen molar-refractivity contribution < 1.29 is 13.5 Å². The van der Waals surface area contributed by atoms with Crippen LogP contribution in [0, 0.1) is 11.6 Å². The van der Waals surface area contributed by atoms with Crippen LogP contribution in [0.5, 0.6) is 5.75 Å². The first-order valence-corrected chi connectivity index (χ1v) is 6.61. The van der Waals surface area contributed by atoms with Crippen molar-refractivity contribution in [3.8, 4) is 5.75 Å². The van der Waals surface area contributed by atoms with Gasteiger partial charge in [-0.2, -0.15) is 0 Å². The van der Waals surface area contributed by atoms with Crippen LogP contribution in [-0.4, -0.2) is 6.61 Å². The van der Waals surface area contributed by atoms with Crippen molar-refractivity contribution in [2.45, 2.75) is 18.9 Å². The van der Waals surface area contributed by atoms with Crippen molar-refractivity contribution >= 4 is 0 Å². The van der Waals surface area contributed by atoms with Crippen LogP contribution in [0.25, 0.3) is 0 Å². The predicted octanol–water partition coefficient (Wildman–Crippen LogP) is 3.34. The SMILES string of the molecule is NC(c1ccc(F)c(F)c1)c1ccc2c(c1)CCCO2. The fourth-order valence-electron chi connectivity index (χ4n) is 2.47. The molecule has 0 amide bonds. The van der Waals surface area contributed by atoms with Gasteiger partial charge >= 0.3 is 0 Å². The molecule has 0 saturated heterocycles. The lowest BCUT2D eigenvalue weighted by Gasteiger charge is -2.20. The smallest absolute Gasteiger partial charge is 0.159 e. The molecule has 1 atom stereocenters. The first-order chi connectivity index (χ1) is 9.65. The molecule has 1 unspecified atom stereocenters. The van der Waals surface area contributed by atoms with E-state index in [4.69, 9.17) is 10.5 Å². The van der Waals surface area contributed by atoms with Gasteiger partial charge in [-0.25, -0.2) is 8.78 Å². The number of hydrogen-bond donors (Lipinski definition) is 1. The monoisotopic (exact) mass is 275 g/mol. The van der Waals surface area contributed by atoms with E-state index < -0.39 is 17.7 Å². The standard InChI is InChI=1S/C16H15F2NO/c17-13-5-3-12(9-14(13)18)16(19)11-4-6-15-10(8-11)2-1-7-20-15/h3-6,8-9,16H,1-2,7,19H2. The van der Waals surface area contributed by atoms with Gasteiger partial charge in [-0.15, -0.1) is 0 Å². The van der Waals surface area contributed by atoms with Crippen molar-refractivity contribution in [3.63, 3.8) is 0 Å². The molecule has 104 valence electrons. The Bertz CT molecular complexity index is 642. The number of rotatable bonds is 2. The Kier molecular flexibility index (Phi) is 3.40. The van der Waals surface area contributed by atoms with Crippen LogP contribution in [0.1, 0.15) is 29.2 Å². The summed E-state index contributed by atoms with van der Waals surface area (Å²) >= 11 is 0. The maximum atomic E-state index is 13.3. The molecule has 2 aromatic rings. The summed E-state index contributed by atoms with van der Waals surface area (Å²) in [4.78, 5) is 0. The minimum Gasteiger partial charge on any atom is -0.493 e. The largest absolute Gasteiger partial charge is 0.493 e. The van der Waals surface area contributed by atoms with E-state index in [2.05, 4.69) is 0 Å². The van der Waals surface area contributed by atoms with Gasteiger partial charge in [-0.3, -0.25) is 0 Å². The lowest BCUT2D eigenvalue weighted by atomic mass is 9.95. The highest BCUT2D eigenvalue weighted by Crippen LogP contribution is 2.29. The average Bonchev–Trinajstić information content (AvgIpc) is 2.49. The van der Waals surface area contributed by atoms with Crippen LogP contribution < -0.4 is 10.5 Å². The van der Waals surface area contributed by atoms with Crippen molar-refractivity contribution in [1.82, 2.24) is 0 Å². The van der Waals surface area contributed by atoms with Gasteiger partial charge in [-0.05, 0) is 47.7 Å². The summed E-state index contributed by atoms with van der Waals surface area (Å²) in [7, 11) is 0. The van der Waals surface area contributed by atoms with Gasteiger partial charge in [0.15, 0.2) is 11.6 Å². The predicted molar refractivity (Wildman–Crippen MR) is 72.6 cm³/mol. The molecule has 4 heteroatoms. The summed E-state index contributed by atoms with van der Waals surface area (Å²) in [5.41, 5.74) is 8.69. The van der Waals surface area contributed by atoms with Gasteiger partial charge < -0.3 is 10.5 Å². The first-order valence-electron chi connectivity index (χ1n) is 6.61. The molecule has 0 radical (unpaired) electrons. The van der Waals surface area contributed by atoms with E-state index in [9.17, 15) is 8.78 Å². The second-order valence-electron chi connectivity index (χ2n) is 4.97. The molecule has 0 aromatic heterocycles. The van der Waals surface area contributed by atoms with Gasteiger partial charge in [0.1, 0.15) is 5.75 Å². The molecule has 2 aromatic carbocycles. The maximum absolute atomic E-state index is 13.3. The maximum Gasteiger partial charge on any atom is 0.159 e. The minimum absolute atomic E-state index is 0.475. The lowest BCUT2D eigenvalue weighted by Crippen LogP contribution is -2.14. The van der Waals surface area contributed by atoms with Crippen molar-refractivity contribution in [1.29, 1.82) is 0 Å². The van der Waals surface area contributed by atoms with Crippen molar-refractivity contribution in [2.75, 3.05) is 6.61 Å². The van der Waals surface area contributed by atoms with Gasteiger partial charge in [0.05, 0.1) is 12.6 Å². The van der Waals surface area contributed by atoms with E-state index in [0.717, 1.165) is 48.5 Å². The lowest BCUT2D eigenvalue weighted by molar-refractivity contribution is 0.288. The van der Waals surface area contributed by atoms with Crippen LogP contribution in [0.3, 0.4) is 0 Å². The van der Waals surface area contributed by atoms with Crippen LogP contribution >= 0.6 is 0 Å². The van der Waals surface area contributed by atoms with Gasteiger partial charge in [0.2, 0.25) is 0 Å². The Balaban J connectivity index is 1.93. The Morgan fingerprint density at radius 3 is 2.55 bits per heavy atom. The highest BCUT2D eigenvalue weighted by atomic mass is 19.2. The highest BCUT2D eigenvalue weighted by molar-refractivity contribution is 5.42. The zero-order valence-electron chi connectivity index (χ0n) is 10.9. The van der Waals surface area contributed by atoms with E-state index in [1.54, 1.807) is 0 Å². The Labute approximate surface area is 116 Å².